The summed E-state index contributed by atoms with van der Waals surface area (Å²) in [5.74, 6) is -0.703. The fourth-order valence-electron chi connectivity index (χ4n) is 1.44. The summed E-state index contributed by atoms with van der Waals surface area (Å²) in [6.07, 6.45) is -1.70. The van der Waals surface area contributed by atoms with Gasteiger partial charge in [-0.1, -0.05) is 6.07 Å². The van der Waals surface area contributed by atoms with Crippen molar-refractivity contribution < 1.29 is 17.6 Å². The van der Waals surface area contributed by atoms with Crippen molar-refractivity contribution in [1.82, 2.24) is 4.98 Å². The minimum Gasteiger partial charge on any atom is -0.264 e. The molecular weight excluding hydrogens is 234 g/mol. The first-order valence-electron chi connectivity index (χ1n) is 4.75. The van der Waals surface area contributed by atoms with Crippen molar-refractivity contribution in [2.45, 2.75) is 6.18 Å². The monoisotopic (exact) mass is 241 g/mol. The number of aromatic nitrogens is 1. The van der Waals surface area contributed by atoms with Crippen molar-refractivity contribution in [3.63, 3.8) is 0 Å². The van der Waals surface area contributed by atoms with Crippen molar-refractivity contribution in [3.05, 3.63) is 54.1 Å². The Morgan fingerprint density at radius 3 is 2.41 bits per heavy atom. The smallest absolute Gasteiger partial charge is 0.264 e. The highest BCUT2D eigenvalue weighted by molar-refractivity contribution is 5.64. The molecule has 0 spiro atoms. The Morgan fingerprint density at radius 2 is 1.82 bits per heavy atom. The summed E-state index contributed by atoms with van der Waals surface area (Å²) in [6.45, 7) is 0. The lowest BCUT2D eigenvalue weighted by Crippen LogP contribution is -2.05. The van der Waals surface area contributed by atoms with Crippen LogP contribution in [0.3, 0.4) is 0 Å². The van der Waals surface area contributed by atoms with Gasteiger partial charge in [-0.25, -0.2) is 4.39 Å². The molecule has 1 nitrogen and oxygen atoms in total. The Balaban J connectivity index is 2.55. The zero-order valence-corrected chi connectivity index (χ0v) is 8.50. The maximum Gasteiger partial charge on any atom is 0.416 e. The molecule has 17 heavy (non-hydrogen) atoms. The normalized spacial score (nSPS) is 11.5. The van der Waals surface area contributed by atoms with Crippen LogP contribution in [0.15, 0.2) is 42.7 Å². The van der Waals surface area contributed by atoms with E-state index in [1.165, 1.54) is 24.5 Å². The number of halogens is 4. The van der Waals surface area contributed by atoms with Crippen LogP contribution in [0.25, 0.3) is 11.1 Å². The lowest BCUT2D eigenvalue weighted by atomic mass is 10.0. The van der Waals surface area contributed by atoms with Crippen LogP contribution < -0.4 is 0 Å². The van der Waals surface area contributed by atoms with Gasteiger partial charge >= 0.3 is 6.18 Å². The van der Waals surface area contributed by atoms with E-state index >= 15 is 0 Å². The zero-order chi connectivity index (χ0) is 12.5. The fraction of sp³-hybridized carbons (Fsp3) is 0.0833. The van der Waals surface area contributed by atoms with E-state index in [0.717, 1.165) is 18.2 Å². The van der Waals surface area contributed by atoms with Gasteiger partial charge in [0.25, 0.3) is 0 Å². The van der Waals surface area contributed by atoms with Gasteiger partial charge in [0.1, 0.15) is 5.82 Å². The summed E-state index contributed by atoms with van der Waals surface area (Å²) < 4.78 is 50.9. The number of rotatable bonds is 1. The molecule has 5 heteroatoms. The SMILES string of the molecule is Fc1ccc(C(F)(F)F)cc1-c1cccnc1. The van der Waals surface area contributed by atoms with Gasteiger partial charge < -0.3 is 0 Å². The maximum absolute atomic E-state index is 13.4. The van der Waals surface area contributed by atoms with E-state index in [2.05, 4.69) is 4.98 Å². The molecule has 88 valence electrons. The van der Waals surface area contributed by atoms with Crippen LogP contribution in [0, 0.1) is 5.82 Å². The average Bonchev–Trinajstić information content (AvgIpc) is 2.29. The molecule has 0 saturated carbocycles. The van der Waals surface area contributed by atoms with E-state index in [1.807, 2.05) is 0 Å². The molecule has 1 heterocycles. The van der Waals surface area contributed by atoms with E-state index in [9.17, 15) is 17.6 Å². The molecule has 0 fully saturated rings. The summed E-state index contributed by atoms with van der Waals surface area (Å²) >= 11 is 0. The molecule has 2 aromatic rings. The predicted molar refractivity (Wildman–Crippen MR) is 54.6 cm³/mol. The van der Waals surface area contributed by atoms with Crippen LogP contribution in [0.1, 0.15) is 5.56 Å². The molecule has 0 unspecified atom stereocenters. The summed E-state index contributed by atoms with van der Waals surface area (Å²) in [7, 11) is 0. The summed E-state index contributed by atoms with van der Waals surface area (Å²) in [6, 6.07) is 5.35. The summed E-state index contributed by atoms with van der Waals surface area (Å²) in [5.41, 5.74) is -0.665. The van der Waals surface area contributed by atoms with Crippen molar-refractivity contribution in [3.8, 4) is 11.1 Å². The van der Waals surface area contributed by atoms with Crippen LogP contribution >= 0.6 is 0 Å². The molecule has 0 bridgehead atoms. The first-order valence-corrected chi connectivity index (χ1v) is 4.75. The van der Waals surface area contributed by atoms with Crippen LogP contribution in [0.5, 0.6) is 0 Å². The number of benzene rings is 1. The zero-order valence-electron chi connectivity index (χ0n) is 8.50. The number of alkyl halides is 3. The van der Waals surface area contributed by atoms with Gasteiger partial charge in [-0.05, 0) is 24.3 Å². The topological polar surface area (TPSA) is 12.9 Å². The van der Waals surface area contributed by atoms with Gasteiger partial charge in [0, 0.05) is 23.5 Å². The second-order valence-corrected chi connectivity index (χ2v) is 3.43. The molecule has 0 radical (unpaired) electrons. The van der Waals surface area contributed by atoms with Crippen LogP contribution in [0.4, 0.5) is 17.6 Å². The molecule has 0 aliphatic carbocycles. The van der Waals surface area contributed by atoms with E-state index in [-0.39, 0.29) is 5.56 Å². The van der Waals surface area contributed by atoms with Gasteiger partial charge in [-0.3, -0.25) is 4.98 Å². The standard InChI is InChI=1S/C12H7F4N/c13-11-4-3-9(12(14,15)16)6-10(11)8-2-1-5-17-7-8/h1-7H. The van der Waals surface area contributed by atoms with Crippen LogP contribution in [0.2, 0.25) is 0 Å². The van der Waals surface area contributed by atoms with Crippen LogP contribution in [-0.4, -0.2) is 4.98 Å². The number of nitrogens with zero attached hydrogens (tertiary/aromatic N) is 1. The molecule has 0 saturated heterocycles. The van der Waals surface area contributed by atoms with Gasteiger partial charge in [-0.2, -0.15) is 13.2 Å². The molecule has 0 atom stereocenters. The highest BCUT2D eigenvalue weighted by atomic mass is 19.4. The van der Waals surface area contributed by atoms with Crippen molar-refractivity contribution in [1.29, 1.82) is 0 Å². The van der Waals surface area contributed by atoms with Crippen LogP contribution in [-0.2, 0) is 6.18 Å². The third kappa shape index (κ3) is 2.43. The van der Waals surface area contributed by atoms with Crippen molar-refractivity contribution in [2.75, 3.05) is 0 Å². The quantitative estimate of drug-likeness (QED) is 0.690. The van der Waals surface area contributed by atoms with E-state index in [0.29, 0.717) is 5.56 Å². The van der Waals surface area contributed by atoms with Crippen molar-refractivity contribution >= 4 is 0 Å². The molecule has 1 aromatic carbocycles. The number of hydrogen-bond donors (Lipinski definition) is 0. The first-order chi connectivity index (χ1) is 7.98. The summed E-state index contributed by atoms with van der Waals surface area (Å²) in [5, 5.41) is 0. The molecular formula is C12H7F4N. The average molecular weight is 241 g/mol. The van der Waals surface area contributed by atoms with Gasteiger partial charge in [0.05, 0.1) is 5.56 Å². The third-order valence-corrected chi connectivity index (χ3v) is 2.27. The Labute approximate surface area is 94.7 Å². The number of pyridine rings is 1. The Kier molecular flexibility index (Phi) is 2.83. The van der Waals surface area contributed by atoms with E-state index in [1.54, 1.807) is 0 Å². The van der Waals surface area contributed by atoms with Crippen molar-refractivity contribution in [2.24, 2.45) is 0 Å². The third-order valence-electron chi connectivity index (χ3n) is 2.27. The van der Waals surface area contributed by atoms with Gasteiger partial charge in [0.15, 0.2) is 0 Å². The highest BCUT2D eigenvalue weighted by Crippen LogP contribution is 2.33. The molecule has 0 amide bonds. The minimum absolute atomic E-state index is 0.104. The highest BCUT2D eigenvalue weighted by Gasteiger charge is 2.31. The fourth-order valence-corrected chi connectivity index (χ4v) is 1.44. The lowest BCUT2D eigenvalue weighted by Gasteiger charge is -2.09. The lowest BCUT2D eigenvalue weighted by molar-refractivity contribution is -0.137. The van der Waals surface area contributed by atoms with Gasteiger partial charge in [-0.15, -0.1) is 0 Å². The molecule has 1 aromatic heterocycles. The maximum atomic E-state index is 13.4. The Hall–Kier alpha value is -1.91. The first kappa shape index (κ1) is 11.6. The molecule has 2 rings (SSSR count). The molecule has 0 N–H and O–H groups in total. The van der Waals surface area contributed by atoms with Gasteiger partial charge in [0.2, 0.25) is 0 Å². The Bertz CT molecular complexity index is 520. The second-order valence-electron chi connectivity index (χ2n) is 3.43. The molecule has 0 aliphatic rings. The second kappa shape index (κ2) is 4.16. The summed E-state index contributed by atoms with van der Waals surface area (Å²) in [4.78, 5) is 3.75. The number of hydrogen-bond acceptors (Lipinski definition) is 1. The molecule has 0 aliphatic heterocycles. The predicted octanol–water partition coefficient (Wildman–Crippen LogP) is 3.91. The largest absolute Gasteiger partial charge is 0.416 e. The van der Waals surface area contributed by atoms with E-state index in [4.69, 9.17) is 0 Å². The van der Waals surface area contributed by atoms with E-state index < -0.39 is 17.6 Å². The Morgan fingerprint density at radius 1 is 1.06 bits per heavy atom. The minimum atomic E-state index is -4.48.